The summed E-state index contributed by atoms with van der Waals surface area (Å²) in [4.78, 5) is 0. The summed E-state index contributed by atoms with van der Waals surface area (Å²) in [7, 11) is 0. The van der Waals surface area contributed by atoms with Crippen molar-refractivity contribution in [3.05, 3.63) is 23.9 Å². The Morgan fingerprint density at radius 2 is 2.08 bits per heavy atom. The molecule has 0 aromatic heterocycles. The highest BCUT2D eigenvalue weighted by Gasteiger charge is 2.08. The summed E-state index contributed by atoms with van der Waals surface area (Å²) >= 11 is 0. The summed E-state index contributed by atoms with van der Waals surface area (Å²) in [6.07, 6.45) is 10.7. The molecule has 72 valence electrons. The molecule has 0 fully saturated rings. The number of terminal acetylenes is 1. The van der Waals surface area contributed by atoms with E-state index in [0.29, 0.717) is 0 Å². The van der Waals surface area contributed by atoms with Crippen LogP contribution in [0.2, 0.25) is 0 Å². The molecule has 0 radical (unpaired) electrons. The van der Waals surface area contributed by atoms with Crippen LogP contribution in [0.3, 0.4) is 0 Å². The Morgan fingerprint density at radius 1 is 1.46 bits per heavy atom. The highest BCUT2D eigenvalue weighted by molar-refractivity contribution is 5.23. The third-order valence-corrected chi connectivity index (χ3v) is 1.49. The molecule has 0 unspecified atom stereocenters. The lowest BCUT2D eigenvalue weighted by atomic mass is 9.97. The maximum absolute atomic E-state index is 5.12. The predicted molar refractivity (Wildman–Crippen MR) is 59.2 cm³/mol. The van der Waals surface area contributed by atoms with Gasteiger partial charge in [-0.2, -0.15) is 0 Å². The summed E-state index contributed by atoms with van der Waals surface area (Å²) in [6.45, 7) is 9.52. The van der Waals surface area contributed by atoms with Gasteiger partial charge in [0.25, 0.3) is 0 Å². The van der Waals surface area contributed by atoms with Crippen LogP contribution in [0, 0.1) is 17.8 Å². The van der Waals surface area contributed by atoms with Gasteiger partial charge in [0.05, 0.1) is 0 Å². The number of rotatable bonds is 3. The molecule has 0 heterocycles. The van der Waals surface area contributed by atoms with E-state index < -0.39 is 0 Å². The number of hydrogen-bond donors (Lipinski definition) is 1. The molecule has 0 amide bonds. The van der Waals surface area contributed by atoms with Gasteiger partial charge in [-0.15, -0.1) is 6.42 Å². The van der Waals surface area contributed by atoms with Crippen molar-refractivity contribution in [2.45, 2.75) is 27.7 Å². The zero-order valence-electron chi connectivity index (χ0n) is 9.02. The van der Waals surface area contributed by atoms with Crippen molar-refractivity contribution in [1.29, 1.82) is 0 Å². The summed E-state index contributed by atoms with van der Waals surface area (Å²) in [5, 5.41) is 3.32. The van der Waals surface area contributed by atoms with Crippen LogP contribution in [0.15, 0.2) is 23.9 Å². The smallest absolute Gasteiger partial charge is 0.0303 e. The Morgan fingerprint density at radius 3 is 2.46 bits per heavy atom. The second-order valence-electron chi connectivity index (χ2n) is 4.16. The molecule has 0 saturated heterocycles. The zero-order chi connectivity index (χ0) is 10.3. The van der Waals surface area contributed by atoms with Crippen molar-refractivity contribution in [2.24, 2.45) is 5.41 Å². The van der Waals surface area contributed by atoms with Crippen molar-refractivity contribution in [3.63, 3.8) is 0 Å². The lowest BCUT2D eigenvalue weighted by Gasteiger charge is -2.19. The van der Waals surface area contributed by atoms with Gasteiger partial charge in [0.15, 0.2) is 0 Å². The van der Waals surface area contributed by atoms with E-state index in [4.69, 9.17) is 6.42 Å². The van der Waals surface area contributed by atoms with Crippen molar-refractivity contribution in [3.8, 4) is 12.3 Å². The topological polar surface area (TPSA) is 12.0 Å². The van der Waals surface area contributed by atoms with Crippen molar-refractivity contribution in [1.82, 2.24) is 5.32 Å². The Kier molecular flexibility index (Phi) is 4.99. The third kappa shape index (κ3) is 7.21. The number of hydrogen-bond acceptors (Lipinski definition) is 1. The van der Waals surface area contributed by atoms with E-state index in [1.54, 1.807) is 6.08 Å². The van der Waals surface area contributed by atoms with E-state index in [2.05, 4.69) is 32.0 Å². The molecular weight excluding hydrogens is 158 g/mol. The molecule has 0 aromatic rings. The molecule has 0 saturated carbocycles. The maximum Gasteiger partial charge on any atom is 0.0303 e. The minimum absolute atomic E-state index is 0.290. The molecule has 0 aromatic carbocycles. The molecule has 0 aliphatic heterocycles. The largest absolute Gasteiger partial charge is 0.385 e. The molecule has 1 nitrogen and oxygen atoms in total. The first-order chi connectivity index (χ1) is 5.99. The lowest BCUT2D eigenvalue weighted by Crippen LogP contribution is -2.25. The van der Waals surface area contributed by atoms with Crippen LogP contribution in [-0.2, 0) is 0 Å². The maximum atomic E-state index is 5.12. The Balaban J connectivity index is 4.04. The minimum atomic E-state index is 0.290. The fraction of sp³-hybridized carbons (Fsp3) is 0.500. The van der Waals surface area contributed by atoms with Gasteiger partial charge >= 0.3 is 0 Å². The summed E-state index contributed by atoms with van der Waals surface area (Å²) in [5.74, 6) is 2.47. The first-order valence-electron chi connectivity index (χ1n) is 4.52. The van der Waals surface area contributed by atoms with Crippen LogP contribution < -0.4 is 5.32 Å². The van der Waals surface area contributed by atoms with E-state index in [0.717, 1.165) is 12.2 Å². The number of allylic oxidation sites excluding steroid dienone is 3. The van der Waals surface area contributed by atoms with Gasteiger partial charge < -0.3 is 5.32 Å². The van der Waals surface area contributed by atoms with E-state index in [1.807, 2.05) is 19.1 Å². The first-order valence-corrected chi connectivity index (χ1v) is 4.52. The molecule has 1 heteroatoms. The summed E-state index contributed by atoms with van der Waals surface area (Å²) in [5.41, 5.74) is 1.37. The van der Waals surface area contributed by atoms with E-state index in [9.17, 15) is 0 Å². The fourth-order valence-electron chi connectivity index (χ4n) is 0.762. The van der Waals surface area contributed by atoms with Crippen LogP contribution in [-0.4, -0.2) is 6.54 Å². The first kappa shape index (κ1) is 11.8. The predicted octanol–water partition coefficient (Wildman–Crippen LogP) is 2.72. The SMILES string of the molecule is C#C/C=C\C(=C/C)NCC(C)(C)C. The van der Waals surface area contributed by atoms with Gasteiger partial charge in [0, 0.05) is 12.2 Å². The van der Waals surface area contributed by atoms with Crippen LogP contribution in [0.4, 0.5) is 0 Å². The third-order valence-electron chi connectivity index (χ3n) is 1.49. The van der Waals surface area contributed by atoms with Crippen molar-refractivity contribution in [2.75, 3.05) is 6.54 Å². The molecular formula is C12H19N. The monoisotopic (exact) mass is 177 g/mol. The Labute approximate surface area is 81.9 Å². The Bertz CT molecular complexity index is 233. The van der Waals surface area contributed by atoms with Crippen LogP contribution in [0.25, 0.3) is 0 Å². The van der Waals surface area contributed by atoms with Gasteiger partial charge in [-0.05, 0) is 24.5 Å². The highest BCUT2D eigenvalue weighted by Crippen LogP contribution is 2.11. The molecule has 0 spiro atoms. The average Bonchev–Trinajstić information content (AvgIpc) is 2.03. The Hall–Kier alpha value is -1.16. The van der Waals surface area contributed by atoms with E-state index in [-0.39, 0.29) is 5.41 Å². The van der Waals surface area contributed by atoms with E-state index in [1.165, 1.54) is 0 Å². The number of nitrogens with one attached hydrogen (secondary N) is 1. The normalized spacial score (nSPS) is 13.0. The molecule has 0 atom stereocenters. The second kappa shape index (κ2) is 5.48. The van der Waals surface area contributed by atoms with Crippen molar-refractivity contribution >= 4 is 0 Å². The molecule has 0 aliphatic rings. The zero-order valence-corrected chi connectivity index (χ0v) is 9.02. The van der Waals surface area contributed by atoms with Gasteiger partial charge in [-0.25, -0.2) is 0 Å². The second-order valence-corrected chi connectivity index (χ2v) is 4.16. The summed E-state index contributed by atoms with van der Waals surface area (Å²) in [6, 6.07) is 0. The molecule has 0 aliphatic carbocycles. The minimum Gasteiger partial charge on any atom is -0.385 e. The van der Waals surface area contributed by atoms with Crippen molar-refractivity contribution < 1.29 is 0 Å². The van der Waals surface area contributed by atoms with Gasteiger partial charge in [0.1, 0.15) is 0 Å². The molecule has 0 bridgehead atoms. The van der Waals surface area contributed by atoms with Gasteiger partial charge in [-0.3, -0.25) is 0 Å². The fourth-order valence-corrected chi connectivity index (χ4v) is 0.762. The molecule has 13 heavy (non-hydrogen) atoms. The molecule has 0 rings (SSSR count). The van der Waals surface area contributed by atoms with Gasteiger partial charge in [0.2, 0.25) is 0 Å². The highest BCUT2D eigenvalue weighted by atomic mass is 14.9. The van der Waals surface area contributed by atoms with Crippen LogP contribution in [0.1, 0.15) is 27.7 Å². The van der Waals surface area contributed by atoms with Crippen LogP contribution in [0.5, 0.6) is 0 Å². The summed E-state index contributed by atoms with van der Waals surface area (Å²) < 4.78 is 0. The molecule has 1 N–H and O–H groups in total. The quantitative estimate of drug-likeness (QED) is 0.516. The van der Waals surface area contributed by atoms with E-state index >= 15 is 0 Å². The average molecular weight is 177 g/mol. The van der Waals surface area contributed by atoms with Crippen LogP contribution >= 0.6 is 0 Å². The standard InChI is InChI=1S/C12H19N/c1-6-8-9-11(7-2)13-10-12(3,4)5/h1,7-9,13H,10H2,2-5H3/b9-8-,11-7+. The lowest BCUT2D eigenvalue weighted by molar-refractivity contribution is 0.398. The van der Waals surface area contributed by atoms with Gasteiger partial charge in [-0.1, -0.05) is 32.8 Å².